The van der Waals surface area contributed by atoms with E-state index in [1.54, 1.807) is 6.08 Å². The van der Waals surface area contributed by atoms with E-state index in [1.165, 1.54) is 56.9 Å². The van der Waals surface area contributed by atoms with Crippen LogP contribution in [0.1, 0.15) is 86.0 Å². The molecule has 3 nitrogen and oxygen atoms in total. The van der Waals surface area contributed by atoms with Gasteiger partial charge in [-0.3, -0.25) is 4.79 Å². The first-order valence-corrected chi connectivity index (χ1v) is 13.3. The minimum absolute atomic E-state index is 0.0468. The van der Waals surface area contributed by atoms with E-state index in [0.29, 0.717) is 34.6 Å². The molecule has 1 aliphatic heterocycles. The summed E-state index contributed by atoms with van der Waals surface area (Å²) in [6.07, 6.45) is 17.2. The van der Waals surface area contributed by atoms with Gasteiger partial charge in [-0.15, -0.1) is 0 Å². The zero-order valence-corrected chi connectivity index (χ0v) is 20.9. The Balaban J connectivity index is 1.39. The fourth-order valence-corrected chi connectivity index (χ4v) is 8.90. The van der Waals surface area contributed by atoms with E-state index >= 15 is 0 Å². The number of rotatable bonds is 3. The van der Waals surface area contributed by atoms with Crippen LogP contribution in [0.4, 0.5) is 0 Å². The van der Waals surface area contributed by atoms with E-state index in [9.17, 15) is 4.79 Å². The van der Waals surface area contributed by atoms with Crippen molar-refractivity contribution < 1.29 is 4.79 Å². The molecule has 0 spiro atoms. The van der Waals surface area contributed by atoms with Gasteiger partial charge < -0.3 is 11.1 Å². The van der Waals surface area contributed by atoms with Gasteiger partial charge in [0.05, 0.1) is 0 Å². The molecule has 3 N–H and O–H groups in total. The molecule has 8 atom stereocenters. The van der Waals surface area contributed by atoms with Crippen molar-refractivity contribution in [2.75, 3.05) is 0 Å². The minimum atomic E-state index is 0.0468. The Morgan fingerprint density at radius 2 is 1.78 bits per heavy atom. The summed E-state index contributed by atoms with van der Waals surface area (Å²) in [5.74, 6) is 3.92. The molecule has 5 aliphatic rings. The molecule has 4 aliphatic carbocycles. The van der Waals surface area contributed by atoms with E-state index in [0.717, 1.165) is 23.5 Å². The first kappa shape index (κ1) is 22.4. The molecule has 0 bridgehead atoms. The summed E-state index contributed by atoms with van der Waals surface area (Å²) in [5, 5.41) is 3.12. The summed E-state index contributed by atoms with van der Waals surface area (Å²) in [4.78, 5) is 12.0. The average molecular weight is 437 g/mol. The highest BCUT2D eigenvalue weighted by Crippen LogP contribution is 2.66. The second-order valence-corrected chi connectivity index (χ2v) is 12.7. The van der Waals surface area contributed by atoms with Crippen LogP contribution in [0, 0.1) is 46.3 Å². The van der Waals surface area contributed by atoms with Gasteiger partial charge in [0.2, 0.25) is 5.91 Å². The van der Waals surface area contributed by atoms with Crippen LogP contribution in [-0.2, 0) is 4.79 Å². The molecule has 3 saturated carbocycles. The molecule has 32 heavy (non-hydrogen) atoms. The van der Waals surface area contributed by atoms with Gasteiger partial charge in [-0.05, 0) is 103 Å². The van der Waals surface area contributed by atoms with Crippen LogP contribution in [0.2, 0.25) is 0 Å². The van der Waals surface area contributed by atoms with Crippen molar-refractivity contribution in [3.63, 3.8) is 0 Å². The first-order valence-electron chi connectivity index (χ1n) is 13.3. The molecule has 1 heterocycles. The van der Waals surface area contributed by atoms with Crippen molar-refractivity contribution in [3.8, 4) is 0 Å². The zero-order valence-electron chi connectivity index (χ0n) is 20.9. The van der Waals surface area contributed by atoms with Gasteiger partial charge >= 0.3 is 0 Å². The summed E-state index contributed by atoms with van der Waals surface area (Å²) in [6.45, 7) is 12.0. The highest BCUT2D eigenvalue weighted by molar-refractivity contribution is 5.94. The molecule has 5 rings (SSSR count). The number of nitrogens with one attached hydrogen (secondary N) is 1. The normalized spacial score (nSPS) is 45.7. The molecule has 0 aromatic heterocycles. The van der Waals surface area contributed by atoms with Crippen molar-refractivity contribution in [2.45, 2.75) is 92.0 Å². The molecule has 0 saturated heterocycles. The lowest BCUT2D eigenvalue weighted by Crippen LogP contribution is -2.50. The van der Waals surface area contributed by atoms with Gasteiger partial charge in [-0.25, -0.2) is 0 Å². The van der Waals surface area contributed by atoms with Gasteiger partial charge in [-0.1, -0.05) is 52.3 Å². The van der Waals surface area contributed by atoms with Gasteiger partial charge in [0.1, 0.15) is 0 Å². The maximum absolute atomic E-state index is 12.0. The quantitative estimate of drug-likeness (QED) is 0.523. The standard InChI is InChI=1S/C29H44N2O/c1-17(2)22-16-27(32)31-26(22)14-18(3)23-8-9-24-21-7-6-19-15-20(30)10-12-28(19,4)25(21)11-13-29(23,24)5/h7,14,16-20,23-25H,6,8-13,15,30H2,1-5H3,(H,31,32)/b26-14-/t18-,19?,20-,23-,24?,25?,28+,29-/m1/s1. The topological polar surface area (TPSA) is 55.1 Å². The predicted molar refractivity (Wildman–Crippen MR) is 131 cm³/mol. The van der Waals surface area contributed by atoms with Crippen molar-refractivity contribution in [3.05, 3.63) is 35.1 Å². The van der Waals surface area contributed by atoms with E-state index in [-0.39, 0.29) is 5.91 Å². The van der Waals surface area contributed by atoms with Crippen LogP contribution in [0.15, 0.2) is 35.1 Å². The number of hydrogen-bond donors (Lipinski definition) is 2. The van der Waals surface area contributed by atoms with Gasteiger partial charge in [-0.2, -0.15) is 0 Å². The summed E-state index contributed by atoms with van der Waals surface area (Å²) in [7, 11) is 0. The van der Waals surface area contributed by atoms with Gasteiger partial charge in [0.25, 0.3) is 0 Å². The second kappa shape index (κ2) is 7.86. The Labute approximate surface area is 195 Å². The number of nitrogens with two attached hydrogens (primary N) is 1. The Morgan fingerprint density at radius 1 is 1.06 bits per heavy atom. The monoisotopic (exact) mass is 436 g/mol. The number of carbonyl (C=O) groups is 1. The van der Waals surface area contributed by atoms with Crippen molar-refractivity contribution in [1.82, 2.24) is 5.32 Å². The smallest absolute Gasteiger partial charge is 0.248 e. The molecule has 3 unspecified atom stereocenters. The van der Waals surface area contributed by atoms with Crippen molar-refractivity contribution >= 4 is 5.91 Å². The maximum atomic E-state index is 12.0. The highest BCUT2D eigenvalue weighted by Gasteiger charge is 2.58. The lowest BCUT2D eigenvalue weighted by Gasteiger charge is -2.58. The molecule has 3 heteroatoms. The summed E-state index contributed by atoms with van der Waals surface area (Å²) < 4.78 is 0. The Morgan fingerprint density at radius 3 is 2.53 bits per heavy atom. The zero-order chi connectivity index (χ0) is 22.8. The summed E-state index contributed by atoms with van der Waals surface area (Å²) in [6, 6.07) is 0.419. The summed E-state index contributed by atoms with van der Waals surface area (Å²) >= 11 is 0. The van der Waals surface area contributed by atoms with E-state index in [4.69, 9.17) is 5.73 Å². The Kier molecular flexibility index (Phi) is 5.51. The third kappa shape index (κ3) is 3.37. The van der Waals surface area contributed by atoms with Gasteiger partial charge in [0, 0.05) is 17.8 Å². The van der Waals surface area contributed by atoms with E-state index in [2.05, 4.69) is 52.1 Å². The highest BCUT2D eigenvalue weighted by atomic mass is 16.1. The van der Waals surface area contributed by atoms with Crippen molar-refractivity contribution in [2.24, 2.45) is 52.1 Å². The Bertz CT molecular complexity index is 882. The van der Waals surface area contributed by atoms with Crippen LogP contribution in [0.3, 0.4) is 0 Å². The van der Waals surface area contributed by atoms with Crippen LogP contribution >= 0.6 is 0 Å². The number of carbonyl (C=O) groups excluding carboxylic acids is 1. The first-order chi connectivity index (χ1) is 15.1. The lowest BCUT2D eigenvalue weighted by molar-refractivity contribution is -0.115. The molecule has 0 radical (unpaired) electrons. The second-order valence-electron chi connectivity index (χ2n) is 12.7. The minimum Gasteiger partial charge on any atom is -0.328 e. The molecular weight excluding hydrogens is 392 g/mol. The van der Waals surface area contributed by atoms with Crippen LogP contribution in [0.25, 0.3) is 0 Å². The number of allylic oxidation sites excluding steroid dienone is 4. The van der Waals surface area contributed by atoms with Crippen molar-refractivity contribution in [1.29, 1.82) is 0 Å². The third-order valence-electron chi connectivity index (χ3n) is 10.7. The van der Waals surface area contributed by atoms with E-state index in [1.807, 2.05) is 5.57 Å². The molecular formula is C29H44N2O. The molecule has 1 amide bonds. The fraction of sp³-hybridized carbons (Fsp3) is 0.759. The fourth-order valence-electron chi connectivity index (χ4n) is 8.90. The number of amides is 1. The summed E-state index contributed by atoms with van der Waals surface area (Å²) in [5.41, 5.74) is 11.3. The van der Waals surface area contributed by atoms with Gasteiger partial charge in [0.15, 0.2) is 0 Å². The van der Waals surface area contributed by atoms with Crippen LogP contribution < -0.4 is 11.1 Å². The largest absolute Gasteiger partial charge is 0.328 e. The SMILES string of the molecule is CC(C)C1=CC(=O)N/C1=C\[C@@H](C)[C@H]1CCC2C3=CCC4C[C@H](N)CC[C@]4(C)C3CC[C@@]21C. The lowest BCUT2D eigenvalue weighted by atomic mass is 9.47. The Hall–Kier alpha value is -1.35. The molecule has 3 fully saturated rings. The maximum Gasteiger partial charge on any atom is 0.248 e. The van der Waals surface area contributed by atoms with Crippen LogP contribution in [-0.4, -0.2) is 11.9 Å². The van der Waals surface area contributed by atoms with E-state index < -0.39 is 0 Å². The predicted octanol–water partition coefficient (Wildman–Crippen LogP) is 6.12. The van der Waals surface area contributed by atoms with Crippen LogP contribution in [0.5, 0.6) is 0 Å². The number of hydrogen-bond acceptors (Lipinski definition) is 2. The molecule has 176 valence electrons. The molecule has 0 aromatic carbocycles. The number of fused-ring (bicyclic) bond motifs is 5. The average Bonchev–Trinajstić information content (AvgIpc) is 3.27. The molecule has 0 aromatic rings. The third-order valence-corrected chi connectivity index (χ3v) is 10.7.